The number of benzene rings is 1. The number of phenols is 1. The molecule has 96 valence electrons. The number of phenolic OH excluding ortho intramolecular Hbond substituents is 1. The van der Waals surface area contributed by atoms with Crippen LogP contribution in [0.3, 0.4) is 0 Å². The molecule has 0 saturated carbocycles. The van der Waals surface area contributed by atoms with Crippen LogP contribution in [0.1, 0.15) is 26.0 Å². The Morgan fingerprint density at radius 1 is 1.28 bits per heavy atom. The normalized spacial score (nSPS) is 11.9. The number of aromatic nitrogens is 1. The largest absolute Gasteiger partial charge is 0.508 e. The molecule has 3 N–H and O–H groups in total. The van der Waals surface area contributed by atoms with E-state index in [4.69, 9.17) is 0 Å². The van der Waals surface area contributed by atoms with E-state index in [1.165, 1.54) is 18.2 Å². The smallest absolute Gasteiger partial charge is 0.189 e. The highest BCUT2D eigenvalue weighted by Crippen LogP contribution is 2.17. The fourth-order valence-corrected chi connectivity index (χ4v) is 1.87. The Morgan fingerprint density at radius 3 is 2.67 bits per heavy atom. The van der Waals surface area contributed by atoms with Crippen LogP contribution >= 0.6 is 0 Å². The summed E-state index contributed by atoms with van der Waals surface area (Å²) < 4.78 is 0. The van der Waals surface area contributed by atoms with Crippen LogP contribution in [0.2, 0.25) is 0 Å². The summed E-state index contributed by atoms with van der Waals surface area (Å²) in [4.78, 5) is 15.0. The minimum absolute atomic E-state index is 0.0808. The molecule has 0 radical (unpaired) electrons. The maximum Gasteiger partial charge on any atom is 0.189 e. The van der Waals surface area contributed by atoms with Gasteiger partial charge in [-0.25, -0.2) is 0 Å². The van der Waals surface area contributed by atoms with Crippen LogP contribution in [0.5, 0.6) is 5.75 Å². The van der Waals surface area contributed by atoms with Gasteiger partial charge in [-0.15, -0.1) is 0 Å². The summed E-state index contributed by atoms with van der Waals surface area (Å²) in [6.07, 6.45) is 1.18. The third-order valence-corrected chi connectivity index (χ3v) is 2.88. The van der Waals surface area contributed by atoms with Crippen molar-refractivity contribution in [3.63, 3.8) is 0 Å². The summed E-state index contributed by atoms with van der Waals surface area (Å²) in [5.74, 6) is 0.0808. The number of aromatic amines is 1. The standard InChI is InChI=1S/C14H17NO3/c1-14(2,18)6-5-9-7-13(17)11-8-10(16)3-4-12(11)15-9/h3-4,7-8,16,18H,5-6H2,1-2H3,(H,15,17). The Labute approximate surface area is 105 Å². The summed E-state index contributed by atoms with van der Waals surface area (Å²) in [6.45, 7) is 3.48. The van der Waals surface area contributed by atoms with E-state index in [1.54, 1.807) is 19.9 Å². The predicted octanol–water partition coefficient (Wildman–Crippen LogP) is 1.94. The van der Waals surface area contributed by atoms with Gasteiger partial charge in [0.1, 0.15) is 5.75 Å². The van der Waals surface area contributed by atoms with E-state index >= 15 is 0 Å². The number of aromatic hydroxyl groups is 1. The minimum atomic E-state index is -0.749. The fraction of sp³-hybridized carbons (Fsp3) is 0.357. The molecule has 1 heterocycles. The van der Waals surface area contributed by atoms with Crippen molar-refractivity contribution in [2.24, 2.45) is 0 Å². The number of H-pyrrole nitrogens is 1. The van der Waals surface area contributed by atoms with Gasteiger partial charge < -0.3 is 15.2 Å². The Kier molecular flexibility index (Phi) is 3.13. The first-order valence-corrected chi connectivity index (χ1v) is 5.92. The zero-order chi connectivity index (χ0) is 13.3. The molecule has 4 heteroatoms. The number of rotatable bonds is 3. The topological polar surface area (TPSA) is 73.3 Å². The molecule has 0 aliphatic heterocycles. The van der Waals surface area contributed by atoms with Crippen molar-refractivity contribution in [1.29, 1.82) is 0 Å². The number of hydrogen-bond donors (Lipinski definition) is 3. The van der Waals surface area contributed by atoms with Gasteiger partial charge in [-0.3, -0.25) is 4.79 Å². The van der Waals surface area contributed by atoms with E-state index in [9.17, 15) is 15.0 Å². The van der Waals surface area contributed by atoms with Crippen molar-refractivity contribution in [2.75, 3.05) is 0 Å². The molecule has 1 aromatic carbocycles. The van der Waals surface area contributed by atoms with Crippen LogP contribution in [0, 0.1) is 0 Å². The molecule has 0 bridgehead atoms. The molecule has 0 fully saturated rings. The van der Waals surface area contributed by atoms with Gasteiger partial charge in [-0.2, -0.15) is 0 Å². The molecule has 1 aromatic heterocycles. The number of nitrogens with one attached hydrogen (secondary N) is 1. The average molecular weight is 247 g/mol. The average Bonchev–Trinajstić information content (AvgIpc) is 2.26. The molecule has 4 nitrogen and oxygen atoms in total. The number of aliphatic hydroxyl groups is 1. The van der Waals surface area contributed by atoms with Crippen molar-refractivity contribution in [3.8, 4) is 5.75 Å². The van der Waals surface area contributed by atoms with E-state index in [2.05, 4.69) is 4.98 Å². The lowest BCUT2D eigenvalue weighted by Gasteiger charge is -2.16. The van der Waals surface area contributed by atoms with Crippen LogP contribution in [-0.2, 0) is 6.42 Å². The van der Waals surface area contributed by atoms with Gasteiger partial charge in [0.2, 0.25) is 0 Å². The van der Waals surface area contributed by atoms with E-state index < -0.39 is 5.60 Å². The lowest BCUT2D eigenvalue weighted by molar-refractivity contribution is 0.0711. The van der Waals surface area contributed by atoms with Gasteiger partial charge in [0.25, 0.3) is 0 Å². The molecule has 0 atom stereocenters. The molecule has 2 aromatic rings. The summed E-state index contributed by atoms with van der Waals surface area (Å²) in [7, 11) is 0. The minimum Gasteiger partial charge on any atom is -0.508 e. The van der Waals surface area contributed by atoms with Gasteiger partial charge in [0, 0.05) is 22.7 Å². The fourth-order valence-electron chi connectivity index (χ4n) is 1.87. The van der Waals surface area contributed by atoms with E-state index in [-0.39, 0.29) is 11.2 Å². The lowest BCUT2D eigenvalue weighted by atomic mass is 10.0. The second-order valence-corrected chi connectivity index (χ2v) is 5.20. The van der Waals surface area contributed by atoms with Gasteiger partial charge >= 0.3 is 0 Å². The number of fused-ring (bicyclic) bond motifs is 1. The molecule has 18 heavy (non-hydrogen) atoms. The van der Waals surface area contributed by atoms with Crippen molar-refractivity contribution >= 4 is 10.9 Å². The first kappa shape index (κ1) is 12.6. The first-order chi connectivity index (χ1) is 8.35. The third-order valence-electron chi connectivity index (χ3n) is 2.88. The van der Waals surface area contributed by atoms with E-state index in [0.29, 0.717) is 23.7 Å². The molecular formula is C14H17NO3. The van der Waals surface area contributed by atoms with Crippen LogP contribution < -0.4 is 5.43 Å². The summed E-state index contributed by atoms with van der Waals surface area (Å²) in [5.41, 5.74) is 0.623. The molecule has 0 unspecified atom stereocenters. The van der Waals surface area contributed by atoms with Gasteiger partial charge in [0.05, 0.1) is 5.60 Å². The van der Waals surface area contributed by atoms with Crippen molar-refractivity contribution < 1.29 is 10.2 Å². The summed E-state index contributed by atoms with van der Waals surface area (Å²) in [5, 5.41) is 19.5. The second-order valence-electron chi connectivity index (χ2n) is 5.20. The number of aryl methyl sites for hydroxylation is 1. The molecule has 2 rings (SSSR count). The highest BCUT2D eigenvalue weighted by atomic mass is 16.3. The Morgan fingerprint density at radius 2 is 2.00 bits per heavy atom. The summed E-state index contributed by atoms with van der Waals surface area (Å²) in [6, 6.07) is 6.19. The van der Waals surface area contributed by atoms with E-state index in [1.807, 2.05) is 0 Å². The van der Waals surface area contributed by atoms with E-state index in [0.717, 1.165) is 5.69 Å². The van der Waals surface area contributed by atoms with Crippen LogP contribution in [0.15, 0.2) is 29.1 Å². The Balaban J connectivity index is 2.38. The maximum absolute atomic E-state index is 11.9. The quantitative estimate of drug-likeness (QED) is 0.776. The molecule has 0 amide bonds. The maximum atomic E-state index is 11.9. The first-order valence-electron chi connectivity index (χ1n) is 5.92. The highest BCUT2D eigenvalue weighted by Gasteiger charge is 2.13. The third kappa shape index (κ3) is 2.90. The van der Waals surface area contributed by atoms with Gasteiger partial charge in [-0.1, -0.05) is 0 Å². The monoisotopic (exact) mass is 247 g/mol. The van der Waals surface area contributed by atoms with Crippen LogP contribution in [0.4, 0.5) is 0 Å². The second kappa shape index (κ2) is 4.46. The molecule has 0 aliphatic carbocycles. The zero-order valence-electron chi connectivity index (χ0n) is 10.5. The van der Waals surface area contributed by atoms with Crippen molar-refractivity contribution in [2.45, 2.75) is 32.3 Å². The molecular weight excluding hydrogens is 230 g/mol. The predicted molar refractivity (Wildman–Crippen MR) is 70.9 cm³/mol. The van der Waals surface area contributed by atoms with Gasteiger partial charge in [-0.05, 0) is 44.9 Å². The van der Waals surface area contributed by atoms with Crippen molar-refractivity contribution in [3.05, 3.63) is 40.2 Å². The molecule has 0 aliphatic rings. The Hall–Kier alpha value is -1.81. The van der Waals surface area contributed by atoms with Crippen LogP contribution in [0.25, 0.3) is 10.9 Å². The number of pyridine rings is 1. The van der Waals surface area contributed by atoms with Crippen molar-refractivity contribution in [1.82, 2.24) is 4.98 Å². The molecule has 0 spiro atoms. The molecule has 0 saturated heterocycles. The summed E-state index contributed by atoms with van der Waals surface area (Å²) >= 11 is 0. The number of hydrogen-bond acceptors (Lipinski definition) is 3. The zero-order valence-corrected chi connectivity index (χ0v) is 10.5. The van der Waals surface area contributed by atoms with Gasteiger partial charge in [0.15, 0.2) is 5.43 Å². The SMILES string of the molecule is CC(C)(O)CCc1cc(=O)c2cc(O)ccc2[nH]1. The lowest BCUT2D eigenvalue weighted by Crippen LogP contribution is -2.20. The highest BCUT2D eigenvalue weighted by molar-refractivity contribution is 5.79. The Bertz CT molecular complexity index is 623. The van der Waals surface area contributed by atoms with Crippen LogP contribution in [-0.4, -0.2) is 20.8 Å².